The summed E-state index contributed by atoms with van der Waals surface area (Å²) in [5.74, 6) is 0.140. The van der Waals surface area contributed by atoms with Gasteiger partial charge in [0.25, 0.3) is 11.8 Å². The van der Waals surface area contributed by atoms with Gasteiger partial charge in [-0.2, -0.15) is 0 Å². The van der Waals surface area contributed by atoms with Crippen LogP contribution in [-0.2, 0) is 9.59 Å². The number of hydrazine groups is 1. The first-order chi connectivity index (χ1) is 12.3. The molecular weight excluding hydrogens is 356 g/mol. The zero-order valence-corrected chi connectivity index (χ0v) is 15.6. The van der Waals surface area contributed by atoms with Gasteiger partial charge in [-0.1, -0.05) is 17.7 Å². The molecule has 6 nitrogen and oxygen atoms in total. The molecule has 0 heterocycles. The van der Waals surface area contributed by atoms with Crippen LogP contribution in [0.3, 0.4) is 0 Å². The van der Waals surface area contributed by atoms with E-state index in [2.05, 4.69) is 10.9 Å². The van der Waals surface area contributed by atoms with Crippen LogP contribution in [0.25, 0.3) is 0 Å². The lowest BCUT2D eigenvalue weighted by Crippen LogP contribution is -2.48. The van der Waals surface area contributed by atoms with Crippen LogP contribution < -0.4 is 20.3 Å². The van der Waals surface area contributed by atoms with Crippen molar-refractivity contribution in [1.82, 2.24) is 10.9 Å². The molecule has 7 heteroatoms. The number of ether oxygens (including phenoxy) is 2. The fraction of sp³-hybridized carbons (Fsp3) is 0.263. The van der Waals surface area contributed by atoms with E-state index in [0.29, 0.717) is 16.5 Å². The number of benzene rings is 2. The summed E-state index contributed by atoms with van der Waals surface area (Å²) >= 11 is 5.79. The molecule has 2 N–H and O–H groups in total. The van der Waals surface area contributed by atoms with Gasteiger partial charge >= 0.3 is 0 Å². The third-order valence-corrected chi connectivity index (χ3v) is 3.64. The van der Waals surface area contributed by atoms with Crippen LogP contribution in [0.1, 0.15) is 18.1 Å². The van der Waals surface area contributed by atoms with E-state index in [1.807, 2.05) is 32.0 Å². The summed E-state index contributed by atoms with van der Waals surface area (Å²) in [5, 5.41) is 0.575. The van der Waals surface area contributed by atoms with E-state index in [9.17, 15) is 9.59 Å². The van der Waals surface area contributed by atoms with Gasteiger partial charge in [-0.3, -0.25) is 20.4 Å². The molecule has 0 radical (unpaired) electrons. The number of hydrogen-bond donors (Lipinski definition) is 2. The number of hydrogen-bond acceptors (Lipinski definition) is 4. The molecule has 0 aliphatic rings. The average Bonchev–Trinajstić information content (AvgIpc) is 2.59. The standard InChI is InChI=1S/C19H21ClN2O4/c1-12-8-13(2)10-17(9-12)25-11-18(23)21-22-19(24)14(3)26-16-6-4-15(20)5-7-16/h4-10,14H,11H2,1-3H3,(H,21,23)(H,22,24). The van der Waals surface area contributed by atoms with Crippen molar-refractivity contribution in [3.63, 3.8) is 0 Å². The van der Waals surface area contributed by atoms with Gasteiger partial charge in [0, 0.05) is 5.02 Å². The summed E-state index contributed by atoms with van der Waals surface area (Å²) in [4.78, 5) is 23.8. The fourth-order valence-electron chi connectivity index (χ4n) is 2.20. The van der Waals surface area contributed by atoms with Gasteiger partial charge in [0.1, 0.15) is 11.5 Å². The van der Waals surface area contributed by atoms with E-state index in [1.165, 1.54) is 0 Å². The number of halogens is 1. The van der Waals surface area contributed by atoms with Crippen molar-refractivity contribution in [3.8, 4) is 11.5 Å². The van der Waals surface area contributed by atoms with Crippen LogP contribution in [0, 0.1) is 13.8 Å². The molecule has 2 aromatic rings. The molecule has 0 spiro atoms. The fourth-order valence-corrected chi connectivity index (χ4v) is 2.33. The molecule has 1 unspecified atom stereocenters. The zero-order chi connectivity index (χ0) is 19.1. The second kappa shape index (κ2) is 9.10. The first-order valence-corrected chi connectivity index (χ1v) is 8.43. The first kappa shape index (κ1) is 19.6. The summed E-state index contributed by atoms with van der Waals surface area (Å²) in [6.07, 6.45) is -0.795. The smallest absolute Gasteiger partial charge is 0.279 e. The van der Waals surface area contributed by atoms with Crippen LogP contribution in [0.4, 0.5) is 0 Å². The normalized spacial score (nSPS) is 11.4. The highest BCUT2D eigenvalue weighted by atomic mass is 35.5. The highest BCUT2D eigenvalue weighted by Gasteiger charge is 2.15. The Kier molecular flexibility index (Phi) is 6.86. The predicted octanol–water partition coefficient (Wildman–Crippen LogP) is 2.95. The molecule has 0 bridgehead atoms. The Morgan fingerprint density at radius 3 is 2.23 bits per heavy atom. The molecule has 0 fully saturated rings. The van der Waals surface area contributed by atoms with Gasteiger partial charge in [0.2, 0.25) is 0 Å². The van der Waals surface area contributed by atoms with Crippen molar-refractivity contribution in [2.75, 3.05) is 6.61 Å². The van der Waals surface area contributed by atoms with Gasteiger partial charge < -0.3 is 9.47 Å². The summed E-state index contributed by atoms with van der Waals surface area (Å²) in [5.41, 5.74) is 6.68. The molecule has 0 aliphatic carbocycles. The second-order valence-corrected chi connectivity index (χ2v) is 6.30. The third-order valence-electron chi connectivity index (χ3n) is 3.39. The second-order valence-electron chi connectivity index (χ2n) is 5.86. The van der Waals surface area contributed by atoms with Crippen molar-refractivity contribution in [3.05, 3.63) is 58.6 Å². The monoisotopic (exact) mass is 376 g/mol. The lowest BCUT2D eigenvalue weighted by atomic mass is 10.1. The molecule has 2 rings (SSSR count). The van der Waals surface area contributed by atoms with E-state index in [1.54, 1.807) is 31.2 Å². The minimum atomic E-state index is -0.795. The van der Waals surface area contributed by atoms with Crippen LogP contribution in [0.5, 0.6) is 11.5 Å². The molecule has 1 atom stereocenters. The molecule has 0 saturated carbocycles. The lowest BCUT2D eigenvalue weighted by Gasteiger charge is -2.15. The predicted molar refractivity (Wildman–Crippen MR) is 99.2 cm³/mol. The largest absolute Gasteiger partial charge is 0.484 e. The number of aryl methyl sites for hydroxylation is 2. The number of carbonyl (C=O) groups excluding carboxylic acids is 2. The Labute approximate surface area is 157 Å². The molecule has 138 valence electrons. The Balaban J connectivity index is 1.75. The highest BCUT2D eigenvalue weighted by Crippen LogP contribution is 2.17. The Morgan fingerprint density at radius 2 is 1.62 bits per heavy atom. The lowest BCUT2D eigenvalue weighted by molar-refractivity contribution is -0.133. The van der Waals surface area contributed by atoms with Gasteiger partial charge in [-0.05, 0) is 68.3 Å². The Hall–Kier alpha value is -2.73. The van der Waals surface area contributed by atoms with Gasteiger partial charge in [-0.15, -0.1) is 0 Å². The molecule has 2 amide bonds. The molecule has 26 heavy (non-hydrogen) atoms. The summed E-state index contributed by atoms with van der Waals surface area (Å²) < 4.78 is 10.9. The van der Waals surface area contributed by atoms with Gasteiger partial charge in [-0.25, -0.2) is 0 Å². The van der Waals surface area contributed by atoms with Crippen molar-refractivity contribution in [2.45, 2.75) is 26.9 Å². The zero-order valence-electron chi connectivity index (χ0n) is 14.8. The first-order valence-electron chi connectivity index (χ1n) is 8.05. The van der Waals surface area contributed by atoms with Crippen LogP contribution in [-0.4, -0.2) is 24.5 Å². The number of rotatable bonds is 6. The van der Waals surface area contributed by atoms with E-state index < -0.39 is 17.9 Å². The maximum absolute atomic E-state index is 12.0. The number of amides is 2. The third kappa shape index (κ3) is 6.29. The van der Waals surface area contributed by atoms with Crippen LogP contribution in [0.15, 0.2) is 42.5 Å². The van der Waals surface area contributed by atoms with E-state index in [-0.39, 0.29) is 6.61 Å². The minimum absolute atomic E-state index is 0.213. The summed E-state index contributed by atoms with van der Waals surface area (Å²) in [6.45, 7) is 5.25. The summed E-state index contributed by atoms with van der Waals surface area (Å²) in [6, 6.07) is 12.3. The molecule has 0 aromatic heterocycles. The highest BCUT2D eigenvalue weighted by molar-refractivity contribution is 6.30. The molecule has 0 aliphatic heterocycles. The van der Waals surface area contributed by atoms with E-state index >= 15 is 0 Å². The topological polar surface area (TPSA) is 76.7 Å². The Bertz CT molecular complexity index is 757. The van der Waals surface area contributed by atoms with E-state index in [4.69, 9.17) is 21.1 Å². The van der Waals surface area contributed by atoms with Gasteiger partial charge in [0.05, 0.1) is 0 Å². The minimum Gasteiger partial charge on any atom is -0.484 e. The van der Waals surface area contributed by atoms with Crippen molar-refractivity contribution in [1.29, 1.82) is 0 Å². The average molecular weight is 377 g/mol. The van der Waals surface area contributed by atoms with Gasteiger partial charge in [0.15, 0.2) is 12.7 Å². The van der Waals surface area contributed by atoms with Crippen molar-refractivity contribution >= 4 is 23.4 Å². The number of nitrogens with one attached hydrogen (secondary N) is 2. The van der Waals surface area contributed by atoms with Crippen molar-refractivity contribution in [2.24, 2.45) is 0 Å². The molecule has 0 saturated heterocycles. The number of carbonyl (C=O) groups is 2. The quantitative estimate of drug-likeness (QED) is 0.760. The molecular formula is C19H21ClN2O4. The SMILES string of the molecule is Cc1cc(C)cc(OCC(=O)NNC(=O)C(C)Oc2ccc(Cl)cc2)c1. The summed E-state index contributed by atoms with van der Waals surface area (Å²) in [7, 11) is 0. The maximum atomic E-state index is 12.0. The molecule has 2 aromatic carbocycles. The van der Waals surface area contributed by atoms with Crippen LogP contribution in [0.2, 0.25) is 5.02 Å². The maximum Gasteiger partial charge on any atom is 0.279 e. The van der Waals surface area contributed by atoms with Crippen molar-refractivity contribution < 1.29 is 19.1 Å². The van der Waals surface area contributed by atoms with Crippen LogP contribution >= 0.6 is 11.6 Å². The van der Waals surface area contributed by atoms with E-state index in [0.717, 1.165) is 11.1 Å². The Morgan fingerprint density at radius 1 is 1.00 bits per heavy atom.